The molecule has 1 N–H and O–H groups in total. The smallest absolute Gasteiger partial charge is 0.227 e. The van der Waals surface area contributed by atoms with E-state index in [0.717, 1.165) is 17.7 Å². The molecule has 1 aromatic carbocycles. The molecule has 2 aromatic heterocycles. The molecule has 0 unspecified atom stereocenters. The minimum Gasteiger partial charge on any atom is -0.339 e. The minimum atomic E-state index is -1.01. The SMILES string of the molecule is O=C(CCc1nc(-c2ccsc2)no1)Nc1ccc(F)c(F)c1. The van der Waals surface area contributed by atoms with Gasteiger partial charge in [-0.2, -0.15) is 16.3 Å². The van der Waals surface area contributed by atoms with Crippen LogP contribution in [0, 0.1) is 11.6 Å². The van der Waals surface area contributed by atoms with Crippen LogP contribution in [-0.2, 0) is 11.2 Å². The summed E-state index contributed by atoms with van der Waals surface area (Å²) in [4.78, 5) is 16.0. The summed E-state index contributed by atoms with van der Waals surface area (Å²) in [5, 5.41) is 10.1. The third-order valence-electron chi connectivity index (χ3n) is 3.02. The number of thiophene rings is 1. The highest BCUT2D eigenvalue weighted by atomic mass is 32.1. The minimum absolute atomic E-state index is 0.0876. The molecule has 5 nitrogen and oxygen atoms in total. The fourth-order valence-corrected chi connectivity index (χ4v) is 2.52. The maximum absolute atomic E-state index is 13.1. The lowest BCUT2D eigenvalue weighted by atomic mass is 10.2. The van der Waals surface area contributed by atoms with Crippen LogP contribution in [0.15, 0.2) is 39.5 Å². The Morgan fingerprint density at radius 3 is 2.87 bits per heavy atom. The number of carbonyl (C=O) groups is 1. The monoisotopic (exact) mass is 335 g/mol. The quantitative estimate of drug-likeness (QED) is 0.773. The van der Waals surface area contributed by atoms with E-state index >= 15 is 0 Å². The Morgan fingerprint density at radius 1 is 1.26 bits per heavy atom. The predicted molar refractivity (Wildman–Crippen MR) is 80.9 cm³/mol. The molecule has 1 amide bonds. The number of anilines is 1. The van der Waals surface area contributed by atoms with Crippen molar-refractivity contribution in [3.63, 3.8) is 0 Å². The van der Waals surface area contributed by atoms with Crippen LogP contribution in [0.25, 0.3) is 11.4 Å². The molecule has 8 heteroatoms. The first-order chi connectivity index (χ1) is 11.1. The van der Waals surface area contributed by atoms with Crippen LogP contribution in [-0.4, -0.2) is 16.0 Å². The highest BCUT2D eigenvalue weighted by Crippen LogP contribution is 2.19. The van der Waals surface area contributed by atoms with E-state index in [1.807, 2.05) is 16.8 Å². The maximum Gasteiger partial charge on any atom is 0.227 e. The van der Waals surface area contributed by atoms with Gasteiger partial charge in [-0.05, 0) is 23.6 Å². The Hall–Kier alpha value is -2.61. The van der Waals surface area contributed by atoms with Crippen LogP contribution in [0.5, 0.6) is 0 Å². The van der Waals surface area contributed by atoms with Gasteiger partial charge in [-0.25, -0.2) is 8.78 Å². The standard InChI is InChI=1S/C15H11F2N3O2S/c16-11-2-1-10(7-12(11)17)18-13(21)3-4-14-19-15(20-22-14)9-5-6-23-8-9/h1-2,5-8H,3-4H2,(H,18,21). The van der Waals surface area contributed by atoms with E-state index in [0.29, 0.717) is 11.7 Å². The highest BCUT2D eigenvalue weighted by Gasteiger charge is 2.11. The van der Waals surface area contributed by atoms with Gasteiger partial charge in [-0.3, -0.25) is 4.79 Å². The van der Waals surface area contributed by atoms with Gasteiger partial charge >= 0.3 is 0 Å². The molecule has 0 aliphatic heterocycles. The molecule has 0 saturated carbocycles. The number of hydrogen-bond acceptors (Lipinski definition) is 5. The summed E-state index contributed by atoms with van der Waals surface area (Å²) in [6.07, 6.45) is 0.344. The van der Waals surface area contributed by atoms with Crippen molar-refractivity contribution in [2.75, 3.05) is 5.32 Å². The third-order valence-corrected chi connectivity index (χ3v) is 3.70. The van der Waals surface area contributed by atoms with Crippen LogP contribution < -0.4 is 5.32 Å². The van der Waals surface area contributed by atoms with E-state index in [1.165, 1.54) is 17.4 Å². The Bertz CT molecular complexity index is 818. The van der Waals surface area contributed by atoms with Crippen molar-refractivity contribution in [1.29, 1.82) is 0 Å². The average molecular weight is 335 g/mol. The first-order valence-electron chi connectivity index (χ1n) is 6.72. The summed E-state index contributed by atoms with van der Waals surface area (Å²) in [6, 6.07) is 5.04. The van der Waals surface area contributed by atoms with E-state index in [1.54, 1.807) is 0 Å². The zero-order chi connectivity index (χ0) is 16.2. The molecule has 0 radical (unpaired) electrons. The molecule has 0 fully saturated rings. The van der Waals surface area contributed by atoms with Crippen molar-refractivity contribution in [3.05, 3.63) is 52.6 Å². The first-order valence-corrected chi connectivity index (χ1v) is 7.66. The summed E-state index contributed by atoms with van der Waals surface area (Å²) in [7, 11) is 0. The second kappa shape index (κ2) is 6.66. The highest BCUT2D eigenvalue weighted by molar-refractivity contribution is 7.08. The van der Waals surface area contributed by atoms with Crippen molar-refractivity contribution in [3.8, 4) is 11.4 Å². The lowest BCUT2D eigenvalue weighted by molar-refractivity contribution is -0.116. The molecule has 3 rings (SSSR count). The van der Waals surface area contributed by atoms with E-state index in [4.69, 9.17) is 4.52 Å². The van der Waals surface area contributed by atoms with Crippen LogP contribution in [0.4, 0.5) is 14.5 Å². The van der Waals surface area contributed by atoms with Crippen LogP contribution >= 0.6 is 11.3 Å². The lowest BCUT2D eigenvalue weighted by Gasteiger charge is -2.04. The van der Waals surface area contributed by atoms with Gasteiger partial charge in [-0.15, -0.1) is 0 Å². The molecule has 0 aliphatic rings. The molecular weight excluding hydrogens is 324 g/mol. The summed E-state index contributed by atoms with van der Waals surface area (Å²) in [5.41, 5.74) is 1.05. The van der Waals surface area contributed by atoms with Gasteiger partial charge in [0, 0.05) is 35.5 Å². The molecule has 118 valence electrons. The van der Waals surface area contributed by atoms with Gasteiger partial charge in [0.15, 0.2) is 11.6 Å². The van der Waals surface area contributed by atoms with Gasteiger partial charge in [0.05, 0.1) is 0 Å². The van der Waals surface area contributed by atoms with Gasteiger partial charge in [0.1, 0.15) is 0 Å². The Labute approximate surface area is 134 Å². The number of aromatic nitrogens is 2. The Kier molecular flexibility index (Phi) is 4.42. The summed E-state index contributed by atoms with van der Waals surface area (Å²) >= 11 is 1.52. The third kappa shape index (κ3) is 3.78. The number of nitrogens with zero attached hydrogens (tertiary/aromatic N) is 2. The second-order valence-corrected chi connectivity index (χ2v) is 5.48. The number of aryl methyl sites for hydroxylation is 1. The number of carbonyl (C=O) groups excluding carboxylic acids is 1. The number of rotatable bonds is 5. The summed E-state index contributed by atoms with van der Waals surface area (Å²) < 4.78 is 30.9. The molecule has 0 atom stereocenters. The lowest BCUT2D eigenvalue weighted by Crippen LogP contribution is -2.12. The fraction of sp³-hybridized carbons (Fsp3) is 0.133. The number of halogens is 2. The zero-order valence-electron chi connectivity index (χ0n) is 11.8. The van der Waals surface area contributed by atoms with Crippen LogP contribution in [0.2, 0.25) is 0 Å². The molecule has 0 aliphatic carbocycles. The molecule has 2 heterocycles. The van der Waals surface area contributed by atoms with Crippen molar-refractivity contribution in [2.24, 2.45) is 0 Å². The molecular formula is C15H11F2N3O2S. The van der Waals surface area contributed by atoms with Gasteiger partial charge in [0.25, 0.3) is 0 Å². The molecule has 23 heavy (non-hydrogen) atoms. The van der Waals surface area contributed by atoms with E-state index in [9.17, 15) is 13.6 Å². The zero-order valence-corrected chi connectivity index (χ0v) is 12.6. The fourth-order valence-electron chi connectivity index (χ4n) is 1.88. The molecule has 0 spiro atoms. The number of hydrogen-bond donors (Lipinski definition) is 1. The van der Waals surface area contributed by atoms with E-state index < -0.39 is 11.6 Å². The van der Waals surface area contributed by atoms with Gasteiger partial charge < -0.3 is 9.84 Å². The summed E-state index contributed by atoms with van der Waals surface area (Å²) in [6.45, 7) is 0. The topological polar surface area (TPSA) is 68.0 Å². The maximum atomic E-state index is 13.1. The van der Waals surface area contributed by atoms with E-state index in [2.05, 4.69) is 15.5 Å². The first kappa shape index (κ1) is 15.3. The van der Waals surface area contributed by atoms with Crippen molar-refractivity contribution in [1.82, 2.24) is 10.1 Å². The number of benzene rings is 1. The molecule has 0 saturated heterocycles. The van der Waals surface area contributed by atoms with Crippen molar-refractivity contribution in [2.45, 2.75) is 12.8 Å². The summed E-state index contributed by atoms with van der Waals surface area (Å²) in [5.74, 6) is -1.52. The number of nitrogens with one attached hydrogen (secondary N) is 1. The molecule has 3 aromatic rings. The largest absolute Gasteiger partial charge is 0.339 e. The normalized spacial score (nSPS) is 10.7. The average Bonchev–Trinajstić information content (AvgIpc) is 3.19. The van der Waals surface area contributed by atoms with E-state index in [-0.39, 0.29) is 24.4 Å². The van der Waals surface area contributed by atoms with Gasteiger partial charge in [0.2, 0.25) is 17.6 Å². The number of amides is 1. The van der Waals surface area contributed by atoms with Crippen molar-refractivity contribution < 1.29 is 18.1 Å². The van der Waals surface area contributed by atoms with Crippen LogP contribution in [0.3, 0.4) is 0 Å². The second-order valence-electron chi connectivity index (χ2n) is 4.70. The van der Waals surface area contributed by atoms with Crippen LogP contribution in [0.1, 0.15) is 12.3 Å². The predicted octanol–water partition coefficient (Wildman–Crippen LogP) is 3.65. The Morgan fingerprint density at radius 2 is 2.13 bits per heavy atom. The van der Waals surface area contributed by atoms with Gasteiger partial charge in [-0.1, -0.05) is 5.16 Å². The molecule has 0 bridgehead atoms. The Balaban J connectivity index is 1.55. The van der Waals surface area contributed by atoms with Crippen molar-refractivity contribution >= 4 is 22.9 Å².